The zero-order valence-corrected chi connectivity index (χ0v) is 14.0. The van der Waals surface area contributed by atoms with Gasteiger partial charge in [0.2, 0.25) is 0 Å². The first kappa shape index (κ1) is 17.0. The summed E-state index contributed by atoms with van der Waals surface area (Å²) in [5.74, 6) is -0.670. The fourth-order valence-corrected chi connectivity index (χ4v) is 2.57. The van der Waals surface area contributed by atoms with Crippen molar-refractivity contribution in [1.29, 1.82) is 0 Å². The molecule has 0 radical (unpaired) electrons. The van der Waals surface area contributed by atoms with E-state index in [9.17, 15) is 9.18 Å². The minimum absolute atomic E-state index is 0.0797. The molecule has 0 aliphatic heterocycles. The molecule has 25 heavy (non-hydrogen) atoms. The SMILES string of the molecule is Cc1ccc2cnn(CCCNC(=O)COc3ccccc3F)c2c1. The first-order chi connectivity index (χ1) is 12.1. The molecule has 0 atom stereocenters. The molecule has 0 saturated carbocycles. The van der Waals surface area contributed by atoms with Gasteiger partial charge in [-0.1, -0.05) is 24.3 Å². The third-order valence-electron chi connectivity index (χ3n) is 3.86. The summed E-state index contributed by atoms with van der Waals surface area (Å²) < 4.78 is 20.5. The molecule has 0 fully saturated rings. The van der Waals surface area contributed by atoms with Gasteiger partial charge in [-0.15, -0.1) is 0 Å². The van der Waals surface area contributed by atoms with E-state index in [1.807, 2.05) is 17.8 Å². The quantitative estimate of drug-likeness (QED) is 0.672. The van der Waals surface area contributed by atoms with E-state index in [1.165, 1.54) is 17.7 Å². The minimum atomic E-state index is -0.476. The van der Waals surface area contributed by atoms with Gasteiger partial charge in [0.05, 0.1) is 11.7 Å². The Kier molecular flexibility index (Phi) is 5.28. The van der Waals surface area contributed by atoms with Crippen molar-refractivity contribution in [3.8, 4) is 5.75 Å². The Hall–Kier alpha value is -2.89. The minimum Gasteiger partial charge on any atom is -0.481 e. The van der Waals surface area contributed by atoms with E-state index in [2.05, 4.69) is 28.6 Å². The Balaban J connectivity index is 1.42. The number of nitrogens with one attached hydrogen (secondary N) is 1. The summed E-state index contributed by atoms with van der Waals surface area (Å²) in [5, 5.41) is 8.25. The van der Waals surface area contributed by atoms with Crippen molar-refractivity contribution in [1.82, 2.24) is 15.1 Å². The Morgan fingerprint density at radius 1 is 1.28 bits per heavy atom. The molecule has 3 aromatic rings. The van der Waals surface area contributed by atoms with Crippen LogP contribution in [-0.4, -0.2) is 28.8 Å². The summed E-state index contributed by atoms with van der Waals surface area (Å²) in [6.45, 7) is 3.06. The van der Waals surface area contributed by atoms with Crippen LogP contribution < -0.4 is 10.1 Å². The average molecular weight is 341 g/mol. The Bertz CT molecular complexity index is 876. The maximum absolute atomic E-state index is 13.4. The molecule has 0 unspecified atom stereocenters. The number of carbonyl (C=O) groups excluding carboxylic acids is 1. The van der Waals surface area contributed by atoms with Crippen LogP contribution in [0.4, 0.5) is 4.39 Å². The fraction of sp³-hybridized carbons (Fsp3) is 0.263. The van der Waals surface area contributed by atoms with Gasteiger partial charge in [0.25, 0.3) is 5.91 Å². The number of benzene rings is 2. The van der Waals surface area contributed by atoms with E-state index in [0.29, 0.717) is 13.1 Å². The Morgan fingerprint density at radius 3 is 2.96 bits per heavy atom. The van der Waals surface area contributed by atoms with E-state index in [-0.39, 0.29) is 18.3 Å². The molecule has 1 amide bonds. The van der Waals surface area contributed by atoms with Gasteiger partial charge >= 0.3 is 0 Å². The number of aryl methyl sites for hydroxylation is 2. The molecule has 0 aliphatic rings. The smallest absolute Gasteiger partial charge is 0.257 e. The summed E-state index contributed by atoms with van der Waals surface area (Å²) in [6, 6.07) is 12.2. The first-order valence-electron chi connectivity index (χ1n) is 8.20. The molecular weight excluding hydrogens is 321 g/mol. The number of halogens is 1. The molecule has 130 valence electrons. The second-order valence-corrected chi connectivity index (χ2v) is 5.85. The highest BCUT2D eigenvalue weighted by Gasteiger charge is 2.06. The van der Waals surface area contributed by atoms with E-state index in [4.69, 9.17) is 4.74 Å². The zero-order chi connectivity index (χ0) is 17.6. The largest absolute Gasteiger partial charge is 0.481 e. The number of hydrogen-bond acceptors (Lipinski definition) is 3. The van der Waals surface area contributed by atoms with E-state index >= 15 is 0 Å². The Morgan fingerprint density at radius 2 is 2.12 bits per heavy atom. The molecular formula is C19H20FN3O2. The van der Waals surface area contributed by atoms with Crippen molar-refractivity contribution in [2.24, 2.45) is 0 Å². The van der Waals surface area contributed by atoms with Crippen molar-refractivity contribution in [2.75, 3.05) is 13.2 Å². The lowest BCUT2D eigenvalue weighted by Gasteiger charge is -2.08. The van der Waals surface area contributed by atoms with E-state index in [1.54, 1.807) is 12.1 Å². The van der Waals surface area contributed by atoms with Crippen LogP contribution in [0.5, 0.6) is 5.75 Å². The molecule has 0 spiro atoms. The van der Waals surface area contributed by atoms with Gasteiger partial charge in [-0.3, -0.25) is 9.48 Å². The molecule has 0 bridgehead atoms. The summed E-state index contributed by atoms with van der Waals surface area (Å²) in [5.41, 5.74) is 2.28. The van der Waals surface area contributed by atoms with Gasteiger partial charge in [-0.05, 0) is 37.1 Å². The first-order valence-corrected chi connectivity index (χ1v) is 8.20. The normalized spacial score (nSPS) is 10.8. The topological polar surface area (TPSA) is 56.2 Å². The number of fused-ring (bicyclic) bond motifs is 1. The van der Waals surface area contributed by atoms with Crippen molar-refractivity contribution in [3.05, 3.63) is 60.0 Å². The highest BCUT2D eigenvalue weighted by atomic mass is 19.1. The maximum Gasteiger partial charge on any atom is 0.257 e. The van der Waals surface area contributed by atoms with Gasteiger partial charge in [0.15, 0.2) is 18.2 Å². The molecule has 6 heteroatoms. The van der Waals surface area contributed by atoms with Crippen LogP contribution in [0.25, 0.3) is 10.9 Å². The lowest BCUT2D eigenvalue weighted by Crippen LogP contribution is -2.30. The number of aromatic nitrogens is 2. The molecule has 1 aromatic heterocycles. The number of rotatable bonds is 7. The molecule has 0 aliphatic carbocycles. The van der Waals surface area contributed by atoms with Crippen LogP contribution in [0, 0.1) is 12.7 Å². The highest BCUT2D eigenvalue weighted by molar-refractivity contribution is 5.79. The predicted octanol–water partition coefficient (Wildman–Crippen LogP) is 3.07. The van der Waals surface area contributed by atoms with E-state index in [0.717, 1.165) is 17.3 Å². The molecule has 1 N–H and O–H groups in total. The van der Waals surface area contributed by atoms with Crippen LogP contribution in [0.3, 0.4) is 0 Å². The third-order valence-corrected chi connectivity index (χ3v) is 3.86. The second-order valence-electron chi connectivity index (χ2n) is 5.85. The summed E-state index contributed by atoms with van der Waals surface area (Å²) in [6.07, 6.45) is 2.59. The number of ether oxygens (including phenoxy) is 1. The van der Waals surface area contributed by atoms with Crippen LogP contribution in [0.15, 0.2) is 48.7 Å². The van der Waals surface area contributed by atoms with Crippen LogP contribution in [-0.2, 0) is 11.3 Å². The van der Waals surface area contributed by atoms with Crippen molar-refractivity contribution in [3.63, 3.8) is 0 Å². The average Bonchev–Trinajstić information content (AvgIpc) is 3.00. The molecule has 0 saturated heterocycles. The molecule has 2 aromatic carbocycles. The van der Waals surface area contributed by atoms with Gasteiger partial charge in [-0.2, -0.15) is 5.10 Å². The Labute approximate surface area is 145 Å². The number of amides is 1. The highest BCUT2D eigenvalue weighted by Crippen LogP contribution is 2.16. The van der Waals surface area contributed by atoms with Crippen molar-refractivity contribution in [2.45, 2.75) is 19.9 Å². The second kappa shape index (κ2) is 7.79. The molecule has 1 heterocycles. The van der Waals surface area contributed by atoms with Gasteiger partial charge < -0.3 is 10.1 Å². The van der Waals surface area contributed by atoms with Gasteiger partial charge in [0.1, 0.15) is 0 Å². The molecule has 3 rings (SSSR count). The number of para-hydroxylation sites is 1. The van der Waals surface area contributed by atoms with Gasteiger partial charge in [-0.25, -0.2) is 4.39 Å². The third kappa shape index (κ3) is 4.35. The number of hydrogen-bond donors (Lipinski definition) is 1. The van der Waals surface area contributed by atoms with Crippen LogP contribution in [0.2, 0.25) is 0 Å². The summed E-state index contributed by atoms with van der Waals surface area (Å²) in [4.78, 5) is 11.8. The predicted molar refractivity (Wildman–Crippen MR) is 94.0 cm³/mol. The molecule has 5 nitrogen and oxygen atoms in total. The number of carbonyl (C=O) groups is 1. The monoisotopic (exact) mass is 341 g/mol. The lowest BCUT2D eigenvalue weighted by atomic mass is 10.2. The summed E-state index contributed by atoms with van der Waals surface area (Å²) in [7, 11) is 0. The summed E-state index contributed by atoms with van der Waals surface area (Å²) >= 11 is 0. The zero-order valence-electron chi connectivity index (χ0n) is 14.0. The van der Waals surface area contributed by atoms with Gasteiger partial charge in [0, 0.05) is 18.5 Å². The lowest BCUT2D eigenvalue weighted by molar-refractivity contribution is -0.123. The van der Waals surface area contributed by atoms with Crippen LogP contribution in [0.1, 0.15) is 12.0 Å². The fourth-order valence-electron chi connectivity index (χ4n) is 2.57. The number of nitrogens with zero attached hydrogens (tertiary/aromatic N) is 2. The van der Waals surface area contributed by atoms with Crippen LogP contribution >= 0.6 is 0 Å². The van der Waals surface area contributed by atoms with Crippen molar-refractivity contribution < 1.29 is 13.9 Å². The standard InChI is InChI=1S/C19H20FN3O2/c1-14-7-8-15-12-22-23(17(15)11-14)10-4-9-21-19(24)13-25-18-6-3-2-5-16(18)20/h2-3,5-8,11-12H,4,9-10,13H2,1H3,(H,21,24). The van der Waals surface area contributed by atoms with E-state index < -0.39 is 5.82 Å². The maximum atomic E-state index is 13.4. The van der Waals surface area contributed by atoms with Crippen molar-refractivity contribution >= 4 is 16.8 Å².